The highest BCUT2D eigenvalue weighted by Gasteiger charge is 2.29. The predicted molar refractivity (Wildman–Crippen MR) is 120 cm³/mol. The molecular formula is C24H23FN2O3S. The van der Waals surface area contributed by atoms with Crippen molar-refractivity contribution in [3.63, 3.8) is 0 Å². The molecule has 0 aliphatic carbocycles. The number of hydrogen-bond donors (Lipinski definition) is 0. The summed E-state index contributed by atoms with van der Waals surface area (Å²) in [6, 6.07) is 21.4. The van der Waals surface area contributed by atoms with E-state index in [0.29, 0.717) is 41.1 Å². The summed E-state index contributed by atoms with van der Waals surface area (Å²) in [4.78, 5) is 2.11. The molecule has 0 aliphatic heterocycles. The topological polar surface area (TPSA) is 51.5 Å². The van der Waals surface area contributed by atoms with Crippen LogP contribution in [-0.4, -0.2) is 44.5 Å². The van der Waals surface area contributed by atoms with Crippen molar-refractivity contribution in [1.29, 1.82) is 0 Å². The molecule has 31 heavy (non-hydrogen) atoms. The first-order valence-corrected chi connectivity index (χ1v) is 11.3. The quantitative estimate of drug-likeness (QED) is 0.422. The van der Waals surface area contributed by atoms with E-state index in [9.17, 15) is 12.8 Å². The molecule has 0 spiro atoms. The van der Waals surface area contributed by atoms with Crippen LogP contribution in [0.5, 0.6) is 5.75 Å². The van der Waals surface area contributed by atoms with Gasteiger partial charge in [-0.1, -0.05) is 48.5 Å². The molecule has 0 unspecified atom stereocenters. The van der Waals surface area contributed by atoms with Crippen molar-refractivity contribution in [2.24, 2.45) is 0 Å². The lowest BCUT2D eigenvalue weighted by Gasteiger charge is -2.15. The molecule has 0 saturated carbocycles. The zero-order valence-electron chi connectivity index (χ0n) is 17.3. The highest BCUT2D eigenvalue weighted by Crippen LogP contribution is 2.42. The van der Waals surface area contributed by atoms with E-state index in [2.05, 4.69) is 0 Å². The zero-order valence-corrected chi connectivity index (χ0v) is 18.1. The van der Waals surface area contributed by atoms with Crippen LogP contribution in [-0.2, 0) is 10.0 Å². The predicted octanol–water partition coefficient (Wildman–Crippen LogP) is 4.62. The van der Waals surface area contributed by atoms with Gasteiger partial charge in [-0.05, 0) is 44.4 Å². The molecule has 0 atom stereocenters. The number of aromatic nitrogens is 1. The Hall–Kier alpha value is -3.16. The Bertz CT molecular complexity index is 1300. The van der Waals surface area contributed by atoms with Crippen LogP contribution in [0.2, 0.25) is 0 Å². The second-order valence-electron chi connectivity index (χ2n) is 7.44. The molecular weight excluding hydrogens is 415 g/mol. The average molecular weight is 439 g/mol. The maximum absolute atomic E-state index is 14.2. The van der Waals surface area contributed by atoms with Gasteiger partial charge in [0.1, 0.15) is 18.1 Å². The third-order valence-electron chi connectivity index (χ3n) is 4.95. The van der Waals surface area contributed by atoms with Gasteiger partial charge in [0.15, 0.2) is 5.75 Å². The monoisotopic (exact) mass is 438 g/mol. The van der Waals surface area contributed by atoms with Gasteiger partial charge in [-0.2, -0.15) is 0 Å². The van der Waals surface area contributed by atoms with Crippen LogP contribution in [0.25, 0.3) is 22.2 Å². The van der Waals surface area contributed by atoms with Gasteiger partial charge < -0.3 is 9.64 Å². The van der Waals surface area contributed by atoms with Crippen molar-refractivity contribution in [2.45, 2.75) is 4.90 Å². The molecule has 1 heterocycles. The molecule has 1 aromatic heterocycles. The van der Waals surface area contributed by atoms with Crippen molar-refractivity contribution < 1.29 is 17.5 Å². The van der Waals surface area contributed by atoms with E-state index >= 15 is 0 Å². The fourth-order valence-electron chi connectivity index (χ4n) is 3.48. The molecule has 0 amide bonds. The lowest BCUT2D eigenvalue weighted by atomic mass is 10.1. The minimum Gasteiger partial charge on any atom is -0.489 e. The van der Waals surface area contributed by atoms with Crippen LogP contribution in [0.3, 0.4) is 0 Å². The summed E-state index contributed by atoms with van der Waals surface area (Å²) in [5, 5.41) is 0.414. The van der Waals surface area contributed by atoms with Crippen LogP contribution in [0.15, 0.2) is 83.8 Å². The molecule has 0 aliphatic rings. The minimum absolute atomic E-state index is 0.147. The lowest BCUT2D eigenvalue weighted by Crippen LogP contribution is -2.19. The van der Waals surface area contributed by atoms with Gasteiger partial charge in [0, 0.05) is 17.5 Å². The number of hydrogen-bond acceptors (Lipinski definition) is 4. The summed E-state index contributed by atoms with van der Waals surface area (Å²) < 4.78 is 49.0. The van der Waals surface area contributed by atoms with Crippen LogP contribution >= 0.6 is 0 Å². The number of rotatable bonds is 7. The molecule has 0 fully saturated rings. The van der Waals surface area contributed by atoms with E-state index in [-0.39, 0.29) is 4.90 Å². The Labute approximate surface area is 181 Å². The van der Waals surface area contributed by atoms with Gasteiger partial charge in [-0.3, -0.25) is 0 Å². The molecule has 7 heteroatoms. The number of ether oxygens (including phenoxy) is 1. The number of likely N-dealkylation sites (N-methyl/N-ethyl adjacent to an activating group) is 1. The Kier molecular flexibility index (Phi) is 5.80. The highest BCUT2D eigenvalue weighted by atomic mass is 32.2. The van der Waals surface area contributed by atoms with Crippen LogP contribution in [0, 0.1) is 5.82 Å². The van der Waals surface area contributed by atoms with Gasteiger partial charge in [0.2, 0.25) is 0 Å². The van der Waals surface area contributed by atoms with E-state index < -0.39 is 15.8 Å². The zero-order chi connectivity index (χ0) is 22.0. The third-order valence-corrected chi connectivity index (χ3v) is 6.68. The molecule has 0 bridgehead atoms. The van der Waals surface area contributed by atoms with Gasteiger partial charge in [0.05, 0.1) is 10.4 Å². The molecule has 160 valence electrons. The van der Waals surface area contributed by atoms with E-state index in [1.54, 1.807) is 30.3 Å². The number of benzene rings is 3. The average Bonchev–Trinajstić information content (AvgIpc) is 3.09. The van der Waals surface area contributed by atoms with Crippen LogP contribution in [0.1, 0.15) is 0 Å². The fraction of sp³-hybridized carbons (Fsp3) is 0.167. The summed E-state index contributed by atoms with van der Waals surface area (Å²) in [5.74, 6) is -0.110. The first-order chi connectivity index (χ1) is 14.9. The molecule has 0 saturated heterocycles. The van der Waals surface area contributed by atoms with Gasteiger partial charge in [-0.25, -0.2) is 16.8 Å². The number of fused-ring (bicyclic) bond motifs is 1. The summed E-state index contributed by atoms with van der Waals surface area (Å²) in [6.07, 6.45) is 0. The second-order valence-corrected chi connectivity index (χ2v) is 9.23. The van der Waals surface area contributed by atoms with Crippen molar-refractivity contribution >= 4 is 20.9 Å². The Morgan fingerprint density at radius 3 is 2.23 bits per heavy atom. The SMILES string of the molecule is CN(C)CCOc1c(-c2ccccc2)n(S(=O)(=O)c2ccccc2)c2ccc(F)cc12. The molecule has 3 aromatic carbocycles. The summed E-state index contributed by atoms with van der Waals surface area (Å²) in [6.45, 7) is 0.954. The Balaban J connectivity index is 2.05. The first-order valence-electron chi connectivity index (χ1n) is 9.87. The molecule has 4 rings (SSSR count). The van der Waals surface area contributed by atoms with Crippen molar-refractivity contribution in [3.8, 4) is 17.0 Å². The second kappa shape index (κ2) is 8.53. The molecule has 0 N–H and O–H groups in total. The summed E-state index contributed by atoms with van der Waals surface area (Å²) in [5.41, 5.74) is 1.41. The largest absolute Gasteiger partial charge is 0.489 e. The smallest absolute Gasteiger partial charge is 0.268 e. The van der Waals surface area contributed by atoms with Crippen molar-refractivity contribution in [1.82, 2.24) is 8.87 Å². The minimum atomic E-state index is -3.97. The Morgan fingerprint density at radius 2 is 1.58 bits per heavy atom. The lowest BCUT2D eigenvalue weighted by molar-refractivity contribution is 0.264. The third kappa shape index (κ3) is 4.06. The maximum atomic E-state index is 14.2. The molecule has 0 radical (unpaired) electrons. The van der Waals surface area contributed by atoms with E-state index in [4.69, 9.17) is 4.74 Å². The van der Waals surface area contributed by atoms with E-state index in [1.165, 1.54) is 22.2 Å². The number of nitrogens with zero attached hydrogens (tertiary/aromatic N) is 2. The normalized spacial score (nSPS) is 11.9. The fourth-order valence-corrected chi connectivity index (χ4v) is 5.03. The number of halogens is 1. The van der Waals surface area contributed by atoms with Crippen molar-refractivity contribution in [3.05, 3.63) is 84.7 Å². The standard InChI is InChI=1S/C24H23FN2O3S/c1-26(2)15-16-30-24-21-17-19(25)13-14-22(21)27(23(24)18-9-5-3-6-10-18)31(28,29)20-11-7-4-8-12-20/h3-14,17H,15-16H2,1-2H3. The molecule has 5 nitrogen and oxygen atoms in total. The molecule has 4 aromatic rings. The van der Waals surface area contributed by atoms with Crippen molar-refractivity contribution in [2.75, 3.05) is 27.2 Å². The first kappa shape index (κ1) is 21.1. The summed E-state index contributed by atoms with van der Waals surface area (Å²) >= 11 is 0. The van der Waals surface area contributed by atoms with E-state index in [0.717, 1.165) is 0 Å². The summed E-state index contributed by atoms with van der Waals surface area (Å²) in [7, 11) is -0.132. The van der Waals surface area contributed by atoms with Gasteiger partial charge >= 0.3 is 0 Å². The Morgan fingerprint density at radius 1 is 0.935 bits per heavy atom. The van der Waals surface area contributed by atoms with Gasteiger partial charge in [-0.15, -0.1) is 0 Å². The van der Waals surface area contributed by atoms with Gasteiger partial charge in [0.25, 0.3) is 10.0 Å². The van der Waals surface area contributed by atoms with Crippen LogP contribution < -0.4 is 4.74 Å². The maximum Gasteiger partial charge on any atom is 0.268 e. The van der Waals surface area contributed by atoms with Crippen LogP contribution in [0.4, 0.5) is 4.39 Å². The highest BCUT2D eigenvalue weighted by molar-refractivity contribution is 7.90. The van der Waals surface area contributed by atoms with E-state index in [1.807, 2.05) is 49.3 Å².